The van der Waals surface area contributed by atoms with Crippen molar-refractivity contribution in [3.05, 3.63) is 21.4 Å². The summed E-state index contributed by atoms with van der Waals surface area (Å²) in [5, 5.41) is 2.90. The summed E-state index contributed by atoms with van der Waals surface area (Å²) in [6, 6.07) is 1.32. The minimum absolute atomic E-state index is 0.539. The predicted molar refractivity (Wildman–Crippen MR) is 60.9 cm³/mol. The van der Waals surface area contributed by atoms with Gasteiger partial charge in [0.05, 0.1) is 12.5 Å². The maximum atomic E-state index is 12.4. The number of aryl methyl sites for hydroxylation is 2. The van der Waals surface area contributed by atoms with Crippen LogP contribution in [0.3, 0.4) is 0 Å². The van der Waals surface area contributed by atoms with E-state index in [1.807, 2.05) is 26.8 Å². The van der Waals surface area contributed by atoms with Gasteiger partial charge in [0.2, 0.25) is 0 Å². The molecule has 0 saturated heterocycles. The van der Waals surface area contributed by atoms with Crippen LogP contribution in [0.15, 0.2) is 6.07 Å². The molecule has 0 aliphatic heterocycles. The van der Waals surface area contributed by atoms with E-state index in [9.17, 15) is 13.2 Å². The minimum Gasteiger partial charge on any atom is -0.309 e. The highest BCUT2D eigenvalue weighted by atomic mass is 32.1. The zero-order valence-corrected chi connectivity index (χ0v) is 10.4. The van der Waals surface area contributed by atoms with E-state index in [0.29, 0.717) is 6.54 Å². The van der Waals surface area contributed by atoms with E-state index < -0.39 is 18.6 Å². The highest BCUT2D eigenvalue weighted by molar-refractivity contribution is 7.12. The summed E-state index contributed by atoms with van der Waals surface area (Å²) in [5.74, 6) is 0. The Labute approximate surface area is 97.7 Å². The lowest BCUT2D eigenvalue weighted by atomic mass is 10.1. The molecule has 0 aliphatic carbocycles. The molecule has 1 nitrogen and oxygen atoms in total. The van der Waals surface area contributed by atoms with Crippen LogP contribution in [0.5, 0.6) is 0 Å². The van der Waals surface area contributed by atoms with Crippen LogP contribution in [-0.2, 0) is 0 Å². The number of halogens is 3. The molecule has 0 amide bonds. The Morgan fingerprint density at radius 1 is 1.38 bits per heavy atom. The summed E-state index contributed by atoms with van der Waals surface area (Å²) in [5.41, 5.74) is 0.942. The summed E-state index contributed by atoms with van der Waals surface area (Å²) >= 11 is 1.44. The van der Waals surface area contributed by atoms with Crippen molar-refractivity contribution < 1.29 is 13.2 Å². The van der Waals surface area contributed by atoms with Crippen molar-refractivity contribution in [1.82, 2.24) is 5.32 Å². The van der Waals surface area contributed by atoms with Crippen LogP contribution >= 0.6 is 11.3 Å². The van der Waals surface area contributed by atoms with Crippen LogP contribution in [-0.4, -0.2) is 12.7 Å². The molecular weight excluding hydrogens is 235 g/mol. The molecule has 1 N–H and O–H groups in total. The Kier molecular flexibility index (Phi) is 4.38. The molecule has 0 aromatic carbocycles. The number of hydrogen-bond acceptors (Lipinski definition) is 2. The molecule has 1 atom stereocenters. The molecule has 0 radical (unpaired) electrons. The first-order chi connectivity index (χ1) is 7.33. The van der Waals surface area contributed by atoms with E-state index in [0.717, 1.165) is 15.3 Å². The molecule has 0 fully saturated rings. The molecule has 1 unspecified atom stereocenters. The largest absolute Gasteiger partial charge is 0.390 e. The van der Waals surface area contributed by atoms with Crippen LogP contribution in [0.25, 0.3) is 0 Å². The molecule has 0 bridgehead atoms. The topological polar surface area (TPSA) is 12.0 Å². The van der Waals surface area contributed by atoms with Crippen LogP contribution < -0.4 is 5.32 Å². The van der Waals surface area contributed by atoms with Gasteiger partial charge in [0.15, 0.2) is 0 Å². The van der Waals surface area contributed by atoms with E-state index in [1.54, 1.807) is 0 Å². The summed E-state index contributed by atoms with van der Waals surface area (Å²) < 4.78 is 37.3. The third-order valence-electron chi connectivity index (χ3n) is 2.28. The number of thiophene rings is 1. The summed E-state index contributed by atoms with van der Waals surface area (Å²) in [4.78, 5) is 1.86. The van der Waals surface area contributed by atoms with Crippen molar-refractivity contribution in [3.8, 4) is 0 Å². The summed E-state index contributed by atoms with van der Waals surface area (Å²) in [6.45, 7) is 6.13. The van der Waals surface area contributed by atoms with Gasteiger partial charge in [0, 0.05) is 9.75 Å². The Morgan fingerprint density at radius 3 is 2.38 bits per heavy atom. The quantitative estimate of drug-likeness (QED) is 0.853. The van der Waals surface area contributed by atoms with Crippen LogP contribution in [0.4, 0.5) is 13.2 Å². The predicted octanol–water partition coefficient (Wildman–Crippen LogP) is 3.97. The molecular formula is C11H16F3NS. The fourth-order valence-electron chi connectivity index (χ4n) is 1.74. The van der Waals surface area contributed by atoms with Crippen molar-refractivity contribution in [2.45, 2.75) is 39.4 Å². The summed E-state index contributed by atoms with van der Waals surface area (Å²) in [7, 11) is 0. The SMILES string of the molecule is CCNC(CC(F)(F)F)c1sc(C)cc1C. The van der Waals surface area contributed by atoms with E-state index in [2.05, 4.69) is 5.32 Å². The maximum absolute atomic E-state index is 12.4. The Bertz CT molecular complexity index is 343. The molecule has 0 saturated carbocycles. The Hall–Kier alpha value is -0.550. The number of hydrogen-bond donors (Lipinski definition) is 1. The molecule has 1 aromatic heterocycles. The van der Waals surface area contributed by atoms with Crippen molar-refractivity contribution in [2.24, 2.45) is 0 Å². The maximum Gasteiger partial charge on any atom is 0.390 e. The van der Waals surface area contributed by atoms with E-state index in [1.165, 1.54) is 11.3 Å². The average Bonchev–Trinajstić information content (AvgIpc) is 2.42. The fourth-order valence-corrected chi connectivity index (χ4v) is 2.85. The molecule has 5 heteroatoms. The smallest absolute Gasteiger partial charge is 0.309 e. The Balaban J connectivity index is 2.89. The number of rotatable bonds is 4. The van der Waals surface area contributed by atoms with Crippen LogP contribution in [0.1, 0.15) is 34.7 Å². The monoisotopic (exact) mass is 251 g/mol. The highest BCUT2D eigenvalue weighted by Crippen LogP contribution is 2.35. The van der Waals surface area contributed by atoms with E-state index in [4.69, 9.17) is 0 Å². The van der Waals surface area contributed by atoms with Crippen molar-refractivity contribution in [3.63, 3.8) is 0 Å². The molecule has 92 valence electrons. The minimum atomic E-state index is -4.13. The van der Waals surface area contributed by atoms with Gasteiger partial charge >= 0.3 is 6.18 Å². The number of nitrogens with one attached hydrogen (secondary N) is 1. The van der Waals surface area contributed by atoms with Gasteiger partial charge in [0.25, 0.3) is 0 Å². The standard InChI is InChI=1S/C11H16F3NS/c1-4-15-9(6-11(12,13)14)10-7(2)5-8(3)16-10/h5,9,15H,4,6H2,1-3H3. The van der Waals surface area contributed by atoms with Gasteiger partial charge in [-0.15, -0.1) is 11.3 Å². The van der Waals surface area contributed by atoms with Gasteiger partial charge in [-0.3, -0.25) is 0 Å². The molecule has 0 spiro atoms. The summed E-state index contributed by atoms with van der Waals surface area (Å²) in [6.07, 6.45) is -4.93. The third kappa shape index (κ3) is 3.79. The van der Waals surface area contributed by atoms with E-state index >= 15 is 0 Å². The van der Waals surface area contributed by atoms with Crippen molar-refractivity contribution in [2.75, 3.05) is 6.54 Å². The average molecular weight is 251 g/mol. The second kappa shape index (κ2) is 5.19. The van der Waals surface area contributed by atoms with Gasteiger partial charge in [-0.05, 0) is 32.0 Å². The first-order valence-corrected chi connectivity index (χ1v) is 6.02. The lowest BCUT2D eigenvalue weighted by Crippen LogP contribution is -2.26. The van der Waals surface area contributed by atoms with Gasteiger partial charge in [-0.1, -0.05) is 6.92 Å². The van der Waals surface area contributed by atoms with Crippen LogP contribution in [0.2, 0.25) is 0 Å². The molecule has 16 heavy (non-hydrogen) atoms. The van der Waals surface area contributed by atoms with Gasteiger partial charge in [-0.25, -0.2) is 0 Å². The van der Waals surface area contributed by atoms with Gasteiger partial charge in [-0.2, -0.15) is 13.2 Å². The normalized spacial score (nSPS) is 14.1. The van der Waals surface area contributed by atoms with Gasteiger partial charge in [0.1, 0.15) is 0 Å². The molecule has 1 rings (SSSR count). The van der Waals surface area contributed by atoms with Crippen LogP contribution in [0, 0.1) is 13.8 Å². The fraction of sp³-hybridized carbons (Fsp3) is 0.636. The first kappa shape index (κ1) is 13.5. The van der Waals surface area contributed by atoms with E-state index in [-0.39, 0.29) is 0 Å². The highest BCUT2D eigenvalue weighted by Gasteiger charge is 2.33. The Morgan fingerprint density at radius 2 is 2.00 bits per heavy atom. The second-order valence-electron chi connectivity index (χ2n) is 3.83. The van der Waals surface area contributed by atoms with Crippen molar-refractivity contribution >= 4 is 11.3 Å². The van der Waals surface area contributed by atoms with Crippen molar-refractivity contribution in [1.29, 1.82) is 0 Å². The lowest BCUT2D eigenvalue weighted by Gasteiger charge is -2.19. The molecule has 1 heterocycles. The molecule has 1 aromatic rings. The number of alkyl halides is 3. The van der Waals surface area contributed by atoms with Gasteiger partial charge < -0.3 is 5.32 Å². The lowest BCUT2D eigenvalue weighted by molar-refractivity contribution is -0.140. The molecule has 0 aliphatic rings. The first-order valence-electron chi connectivity index (χ1n) is 5.20. The third-order valence-corrected chi connectivity index (χ3v) is 3.55. The zero-order valence-electron chi connectivity index (χ0n) is 9.61. The second-order valence-corrected chi connectivity index (χ2v) is 5.12. The zero-order chi connectivity index (χ0) is 12.3.